The predicted octanol–water partition coefficient (Wildman–Crippen LogP) is 3.72. The lowest BCUT2D eigenvalue weighted by atomic mass is 10.00. The van der Waals surface area contributed by atoms with E-state index in [1.165, 1.54) is 23.2 Å². The van der Waals surface area contributed by atoms with Gasteiger partial charge < -0.3 is 10.2 Å². The average molecular weight is 408 g/mol. The van der Waals surface area contributed by atoms with Crippen LogP contribution in [-0.2, 0) is 11.3 Å². The number of amides is 1. The van der Waals surface area contributed by atoms with E-state index in [4.69, 9.17) is 0 Å². The largest absolute Gasteiger partial charge is 0.354 e. The maximum Gasteiger partial charge on any atom is 0.275 e. The van der Waals surface area contributed by atoms with Crippen molar-refractivity contribution in [3.05, 3.63) is 64.2 Å². The minimum Gasteiger partial charge on any atom is -0.354 e. The Hall–Kier alpha value is -3.22. The lowest BCUT2D eigenvalue weighted by molar-refractivity contribution is -0.117. The number of nitrogens with zero attached hydrogens (tertiary/aromatic N) is 3. The molecule has 0 saturated carbocycles. The molecule has 0 spiro atoms. The molecule has 6 nitrogen and oxygen atoms in total. The third kappa shape index (κ3) is 4.06. The number of hydrogen-bond acceptors (Lipinski definition) is 4. The number of nitrogens with one attached hydrogen (secondary N) is 1. The minimum atomic E-state index is -0.509. The smallest absolute Gasteiger partial charge is 0.275 e. The zero-order valence-corrected chi connectivity index (χ0v) is 17.2. The molecule has 1 aliphatic heterocycles. The first-order valence-electron chi connectivity index (χ1n) is 10.2. The Morgan fingerprint density at radius 2 is 2.00 bits per heavy atom. The summed E-state index contributed by atoms with van der Waals surface area (Å²) >= 11 is 0. The molecule has 1 amide bonds. The normalized spacial score (nSPS) is 16.6. The molecule has 156 valence electrons. The Kier molecular flexibility index (Phi) is 5.53. The van der Waals surface area contributed by atoms with Gasteiger partial charge in [0.05, 0.1) is 11.1 Å². The number of benzene rings is 2. The van der Waals surface area contributed by atoms with Gasteiger partial charge in [-0.25, -0.2) is 9.07 Å². The first kappa shape index (κ1) is 20.1. The number of aryl methyl sites for hydroxylation is 1. The lowest BCUT2D eigenvalue weighted by Gasteiger charge is -2.32. The van der Waals surface area contributed by atoms with Gasteiger partial charge in [0.1, 0.15) is 12.4 Å². The van der Waals surface area contributed by atoms with E-state index in [9.17, 15) is 14.0 Å². The number of piperidine rings is 1. The average Bonchev–Trinajstić information content (AvgIpc) is 2.72. The van der Waals surface area contributed by atoms with Crippen molar-refractivity contribution in [3.8, 4) is 0 Å². The van der Waals surface area contributed by atoms with Crippen LogP contribution in [0.4, 0.5) is 15.9 Å². The molecule has 1 aromatic heterocycles. The van der Waals surface area contributed by atoms with E-state index in [0.29, 0.717) is 17.1 Å². The second-order valence-electron chi connectivity index (χ2n) is 8.06. The molecule has 0 unspecified atom stereocenters. The molecular formula is C23H25FN4O2. The SMILES string of the molecule is Cc1ccc(NC(=O)Cn2nc(N3CCC[C@@H](C)C3)c3ccccc3c2=O)c(F)c1. The Morgan fingerprint density at radius 1 is 1.23 bits per heavy atom. The van der Waals surface area contributed by atoms with Crippen LogP contribution in [0.2, 0.25) is 0 Å². The molecule has 1 atom stereocenters. The molecule has 0 aliphatic carbocycles. The molecule has 2 heterocycles. The summed E-state index contributed by atoms with van der Waals surface area (Å²) in [5.41, 5.74) is 0.516. The van der Waals surface area contributed by atoms with Gasteiger partial charge in [-0.2, -0.15) is 5.10 Å². The summed E-state index contributed by atoms with van der Waals surface area (Å²) in [6.45, 7) is 5.41. The van der Waals surface area contributed by atoms with E-state index in [1.54, 1.807) is 25.1 Å². The molecule has 2 aromatic carbocycles. The van der Waals surface area contributed by atoms with E-state index in [1.807, 2.05) is 12.1 Å². The summed E-state index contributed by atoms with van der Waals surface area (Å²) < 4.78 is 15.3. The fourth-order valence-corrected chi connectivity index (χ4v) is 3.99. The van der Waals surface area contributed by atoms with Crippen LogP contribution >= 0.6 is 0 Å². The molecule has 1 N–H and O–H groups in total. The van der Waals surface area contributed by atoms with Crippen molar-refractivity contribution in [2.45, 2.75) is 33.2 Å². The van der Waals surface area contributed by atoms with Crippen molar-refractivity contribution >= 4 is 28.2 Å². The number of aromatic nitrogens is 2. The number of hydrogen-bond donors (Lipinski definition) is 1. The van der Waals surface area contributed by atoms with Crippen LogP contribution in [0, 0.1) is 18.7 Å². The number of carbonyl (C=O) groups is 1. The summed E-state index contributed by atoms with van der Waals surface area (Å²) in [7, 11) is 0. The quantitative estimate of drug-likeness (QED) is 0.715. The molecule has 4 rings (SSSR count). The fraction of sp³-hybridized carbons (Fsp3) is 0.348. The summed E-state index contributed by atoms with van der Waals surface area (Å²) in [5.74, 6) is 0.240. The first-order chi connectivity index (χ1) is 14.4. The minimum absolute atomic E-state index is 0.0875. The summed E-state index contributed by atoms with van der Waals surface area (Å²) in [4.78, 5) is 27.7. The van der Waals surface area contributed by atoms with Gasteiger partial charge >= 0.3 is 0 Å². The van der Waals surface area contributed by atoms with Crippen LogP contribution in [-0.4, -0.2) is 28.8 Å². The molecule has 7 heteroatoms. The van der Waals surface area contributed by atoms with Gasteiger partial charge in [0.2, 0.25) is 5.91 Å². The summed E-state index contributed by atoms with van der Waals surface area (Å²) in [6.07, 6.45) is 2.22. The van der Waals surface area contributed by atoms with Crippen molar-refractivity contribution in [2.24, 2.45) is 5.92 Å². The maximum absolute atomic E-state index is 14.1. The third-order valence-corrected chi connectivity index (χ3v) is 5.50. The Morgan fingerprint density at radius 3 is 2.73 bits per heavy atom. The highest BCUT2D eigenvalue weighted by atomic mass is 19.1. The highest BCUT2D eigenvalue weighted by Gasteiger charge is 2.22. The zero-order valence-electron chi connectivity index (χ0n) is 17.2. The van der Waals surface area contributed by atoms with Gasteiger partial charge in [-0.15, -0.1) is 0 Å². The Labute approximate surface area is 174 Å². The van der Waals surface area contributed by atoms with Crippen molar-refractivity contribution < 1.29 is 9.18 Å². The first-order valence-corrected chi connectivity index (χ1v) is 10.2. The number of anilines is 2. The van der Waals surface area contributed by atoms with Crippen LogP contribution in [0.5, 0.6) is 0 Å². The van der Waals surface area contributed by atoms with Crippen molar-refractivity contribution in [1.82, 2.24) is 9.78 Å². The second kappa shape index (κ2) is 8.26. The molecule has 1 aliphatic rings. The Bertz CT molecular complexity index is 1160. The molecule has 1 fully saturated rings. The third-order valence-electron chi connectivity index (χ3n) is 5.50. The lowest BCUT2D eigenvalue weighted by Crippen LogP contribution is -2.38. The summed E-state index contributed by atoms with van der Waals surface area (Å²) in [6, 6.07) is 11.9. The van der Waals surface area contributed by atoms with Crippen LogP contribution in [0.15, 0.2) is 47.3 Å². The van der Waals surface area contributed by atoms with Crippen LogP contribution < -0.4 is 15.8 Å². The standard InChI is InChI=1S/C23H25FN4O2/c1-15-9-10-20(19(24)12-15)25-21(29)14-28-23(30)18-8-4-3-7-17(18)22(26-28)27-11-5-6-16(2)13-27/h3-4,7-10,12,16H,5-6,11,13-14H2,1-2H3,(H,25,29)/t16-/m1/s1. The molecule has 30 heavy (non-hydrogen) atoms. The fourth-order valence-electron chi connectivity index (χ4n) is 3.99. The molecular weight excluding hydrogens is 383 g/mol. The topological polar surface area (TPSA) is 67.2 Å². The number of fused-ring (bicyclic) bond motifs is 1. The second-order valence-corrected chi connectivity index (χ2v) is 8.06. The molecule has 3 aromatic rings. The van der Waals surface area contributed by atoms with Crippen molar-refractivity contribution in [2.75, 3.05) is 23.3 Å². The van der Waals surface area contributed by atoms with Gasteiger partial charge in [0, 0.05) is 18.5 Å². The highest BCUT2D eigenvalue weighted by Crippen LogP contribution is 2.26. The van der Waals surface area contributed by atoms with Gasteiger partial charge in [-0.1, -0.05) is 31.2 Å². The van der Waals surface area contributed by atoms with Gasteiger partial charge in [0.15, 0.2) is 5.82 Å². The summed E-state index contributed by atoms with van der Waals surface area (Å²) in [5, 5.41) is 8.41. The van der Waals surface area contributed by atoms with Crippen molar-refractivity contribution in [3.63, 3.8) is 0 Å². The van der Waals surface area contributed by atoms with E-state index >= 15 is 0 Å². The van der Waals surface area contributed by atoms with Gasteiger partial charge in [-0.3, -0.25) is 9.59 Å². The number of carbonyl (C=O) groups excluding carboxylic acids is 1. The number of rotatable bonds is 4. The van der Waals surface area contributed by atoms with E-state index < -0.39 is 11.7 Å². The van der Waals surface area contributed by atoms with Crippen LogP contribution in [0.1, 0.15) is 25.3 Å². The monoisotopic (exact) mass is 408 g/mol. The Balaban J connectivity index is 1.67. The van der Waals surface area contributed by atoms with Crippen LogP contribution in [0.25, 0.3) is 10.8 Å². The van der Waals surface area contributed by atoms with Gasteiger partial charge in [-0.05, 0) is 49.4 Å². The van der Waals surface area contributed by atoms with Crippen molar-refractivity contribution in [1.29, 1.82) is 0 Å². The van der Waals surface area contributed by atoms with E-state index in [0.717, 1.165) is 30.5 Å². The highest BCUT2D eigenvalue weighted by molar-refractivity contribution is 5.93. The molecule has 0 radical (unpaired) electrons. The predicted molar refractivity (Wildman–Crippen MR) is 116 cm³/mol. The number of halogens is 1. The maximum atomic E-state index is 14.1. The molecule has 1 saturated heterocycles. The molecule has 0 bridgehead atoms. The zero-order chi connectivity index (χ0) is 21.3. The van der Waals surface area contributed by atoms with Gasteiger partial charge in [0.25, 0.3) is 5.56 Å². The van der Waals surface area contributed by atoms with Crippen LogP contribution in [0.3, 0.4) is 0 Å². The van der Waals surface area contributed by atoms with E-state index in [2.05, 4.69) is 22.2 Å². The van der Waals surface area contributed by atoms with E-state index in [-0.39, 0.29) is 17.8 Å².